The monoisotopic (exact) mass is 358 g/mol. The van der Waals surface area contributed by atoms with Crippen molar-refractivity contribution in [1.29, 1.82) is 0 Å². The molecule has 3 rings (SSSR count). The molecule has 1 heterocycles. The van der Waals surface area contributed by atoms with Gasteiger partial charge in [0.25, 0.3) is 0 Å². The molecule has 2 N–H and O–H groups in total. The van der Waals surface area contributed by atoms with Gasteiger partial charge < -0.3 is 5.32 Å². The number of aromatic nitrogens is 3. The summed E-state index contributed by atoms with van der Waals surface area (Å²) >= 11 is 5.86. The fourth-order valence-corrected chi connectivity index (χ4v) is 2.47. The first-order valence-corrected chi connectivity index (χ1v) is 8.08. The predicted octanol–water partition coefficient (Wildman–Crippen LogP) is 3.68. The van der Waals surface area contributed by atoms with Gasteiger partial charge in [-0.15, -0.1) is 0 Å². The molecule has 7 heteroatoms. The van der Waals surface area contributed by atoms with Crippen molar-refractivity contribution in [3.05, 3.63) is 76.1 Å². The van der Waals surface area contributed by atoms with Crippen LogP contribution in [-0.4, -0.2) is 21.1 Å². The Morgan fingerprint density at radius 2 is 2.00 bits per heavy atom. The van der Waals surface area contributed by atoms with E-state index in [0.29, 0.717) is 23.1 Å². The summed E-state index contributed by atoms with van der Waals surface area (Å²) < 4.78 is 13.8. The first kappa shape index (κ1) is 17.1. The lowest BCUT2D eigenvalue weighted by Crippen LogP contribution is -2.16. The normalized spacial score (nSPS) is 10.7. The van der Waals surface area contributed by atoms with Crippen LogP contribution in [0.5, 0.6) is 0 Å². The minimum Gasteiger partial charge on any atom is -0.323 e. The molecule has 0 spiro atoms. The summed E-state index contributed by atoms with van der Waals surface area (Å²) in [5, 5.41) is 10.0. The molecule has 5 nitrogen and oxygen atoms in total. The second-order valence-electron chi connectivity index (χ2n) is 5.71. The van der Waals surface area contributed by atoms with E-state index in [1.165, 1.54) is 12.1 Å². The van der Waals surface area contributed by atoms with Gasteiger partial charge in [-0.1, -0.05) is 29.8 Å². The Morgan fingerprint density at radius 1 is 1.24 bits per heavy atom. The highest BCUT2D eigenvalue weighted by Crippen LogP contribution is 2.16. The maximum absolute atomic E-state index is 13.8. The van der Waals surface area contributed by atoms with Crippen LogP contribution < -0.4 is 5.32 Å². The zero-order valence-electron chi connectivity index (χ0n) is 13.5. The summed E-state index contributed by atoms with van der Waals surface area (Å²) in [7, 11) is 0. The number of nitrogens with zero attached hydrogens (tertiary/aromatic N) is 2. The summed E-state index contributed by atoms with van der Waals surface area (Å²) in [4.78, 5) is 16.3. The molecule has 128 valence electrons. The van der Waals surface area contributed by atoms with Crippen molar-refractivity contribution in [2.24, 2.45) is 0 Å². The highest BCUT2D eigenvalue weighted by molar-refractivity contribution is 6.30. The minimum atomic E-state index is -0.466. The van der Waals surface area contributed by atoms with Gasteiger partial charge >= 0.3 is 0 Å². The fourth-order valence-electron chi connectivity index (χ4n) is 2.35. The molecule has 0 atom stereocenters. The smallest absolute Gasteiger partial charge is 0.232 e. The molecule has 0 aliphatic carbocycles. The zero-order chi connectivity index (χ0) is 17.8. The van der Waals surface area contributed by atoms with Gasteiger partial charge in [0.2, 0.25) is 5.91 Å². The molecule has 0 saturated heterocycles. The number of halogens is 2. The van der Waals surface area contributed by atoms with E-state index in [1.807, 2.05) is 12.1 Å². The summed E-state index contributed by atoms with van der Waals surface area (Å²) in [6, 6.07) is 12.0. The van der Waals surface area contributed by atoms with Gasteiger partial charge in [0.05, 0.1) is 12.1 Å². The highest BCUT2D eigenvalue weighted by atomic mass is 35.5. The van der Waals surface area contributed by atoms with Gasteiger partial charge in [-0.2, -0.15) is 5.10 Å². The molecule has 0 unspecified atom stereocenters. The van der Waals surface area contributed by atoms with Gasteiger partial charge in [-0.3, -0.25) is 9.89 Å². The number of hydrogen-bond donors (Lipinski definition) is 2. The highest BCUT2D eigenvalue weighted by Gasteiger charge is 2.12. The topological polar surface area (TPSA) is 70.7 Å². The van der Waals surface area contributed by atoms with Gasteiger partial charge in [0, 0.05) is 11.4 Å². The molecule has 2 aromatic carbocycles. The van der Waals surface area contributed by atoms with E-state index in [-0.39, 0.29) is 18.0 Å². The lowest BCUT2D eigenvalue weighted by molar-refractivity contribution is -0.115. The molecule has 25 heavy (non-hydrogen) atoms. The van der Waals surface area contributed by atoms with E-state index in [4.69, 9.17) is 11.6 Å². The third-order valence-electron chi connectivity index (χ3n) is 3.58. The van der Waals surface area contributed by atoms with Gasteiger partial charge in [0.1, 0.15) is 11.6 Å². The number of aromatic amines is 1. The molecule has 0 aliphatic rings. The van der Waals surface area contributed by atoms with Gasteiger partial charge in [-0.25, -0.2) is 9.37 Å². The molecule has 0 aliphatic heterocycles. The Hall–Kier alpha value is -2.73. The Labute approximate surface area is 149 Å². The number of nitrogens with one attached hydrogen (secondary N) is 2. The standard InChI is InChI=1S/C18H16ClFN4O/c1-11-2-7-15(14(20)8-11)21-18(25)10-17-22-16(23-24-17)9-12-3-5-13(19)6-4-12/h2-8H,9-10H2,1H3,(H,21,25)(H,22,23,24). The second kappa shape index (κ2) is 7.44. The predicted molar refractivity (Wildman–Crippen MR) is 94.1 cm³/mol. The van der Waals surface area contributed by atoms with Gasteiger partial charge in [-0.05, 0) is 42.3 Å². The number of H-pyrrole nitrogens is 1. The number of anilines is 1. The molecule has 3 aromatic rings. The maximum Gasteiger partial charge on any atom is 0.232 e. The summed E-state index contributed by atoms with van der Waals surface area (Å²) in [6.07, 6.45) is 0.517. The van der Waals surface area contributed by atoms with Crippen LogP contribution in [0.4, 0.5) is 10.1 Å². The molecule has 0 bridgehead atoms. The van der Waals surface area contributed by atoms with Crippen LogP contribution in [0.3, 0.4) is 0 Å². The number of carbonyl (C=O) groups excluding carboxylic acids is 1. The van der Waals surface area contributed by atoms with Crippen molar-refractivity contribution < 1.29 is 9.18 Å². The number of aryl methyl sites for hydroxylation is 1. The third kappa shape index (κ3) is 4.64. The number of benzene rings is 2. The van der Waals surface area contributed by atoms with Crippen LogP contribution in [-0.2, 0) is 17.6 Å². The summed E-state index contributed by atoms with van der Waals surface area (Å²) in [6.45, 7) is 1.78. The average Bonchev–Trinajstić information content (AvgIpc) is 2.99. The van der Waals surface area contributed by atoms with Crippen LogP contribution in [0.25, 0.3) is 0 Å². The van der Waals surface area contributed by atoms with E-state index >= 15 is 0 Å². The van der Waals surface area contributed by atoms with Gasteiger partial charge in [0.15, 0.2) is 5.82 Å². The Bertz CT molecular complexity index is 892. The summed E-state index contributed by atoms with van der Waals surface area (Å²) in [5.41, 5.74) is 1.96. The molecular formula is C18H16ClFN4O. The van der Waals surface area contributed by atoms with Crippen LogP contribution in [0.2, 0.25) is 5.02 Å². The SMILES string of the molecule is Cc1ccc(NC(=O)Cc2n[nH]c(Cc3ccc(Cl)cc3)n2)c(F)c1. The first-order chi connectivity index (χ1) is 12.0. The largest absolute Gasteiger partial charge is 0.323 e. The second-order valence-corrected chi connectivity index (χ2v) is 6.15. The van der Waals surface area contributed by atoms with Crippen molar-refractivity contribution in [2.75, 3.05) is 5.32 Å². The molecule has 0 fully saturated rings. The Balaban J connectivity index is 1.60. The minimum absolute atomic E-state index is 0.0373. The lowest BCUT2D eigenvalue weighted by atomic mass is 10.1. The van der Waals surface area contributed by atoms with Crippen molar-refractivity contribution in [3.8, 4) is 0 Å². The molecule has 0 radical (unpaired) electrons. The number of rotatable bonds is 5. The van der Waals surface area contributed by atoms with E-state index in [2.05, 4.69) is 20.5 Å². The molecule has 0 saturated carbocycles. The quantitative estimate of drug-likeness (QED) is 0.731. The van der Waals surface area contributed by atoms with E-state index in [0.717, 1.165) is 11.1 Å². The number of carbonyl (C=O) groups is 1. The lowest BCUT2D eigenvalue weighted by Gasteiger charge is -2.05. The van der Waals surface area contributed by atoms with E-state index < -0.39 is 5.82 Å². The number of amides is 1. The molecule has 1 aromatic heterocycles. The Kier molecular flexibility index (Phi) is 5.09. The molecular weight excluding hydrogens is 343 g/mol. The average molecular weight is 359 g/mol. The Morgan fingerprint density at radius 3 is 2.72 bits per heavy atom. The van der Waals surface area contributed by atoms with Crippen molar-refractivity contribution in [2.45, 2.75) is 19.8 Å². The van der Waals surface area contributed by atoms with Crippen LogP contribution in [0.1, 0.15) is 22.8 Å². The maximum atomic E-state index is 13.8. The van der Waals surface area contributed by atoms with Crippen LogP contribution in [0.15, 0.2) is 42.5 Å². The van der Waals surface area contributed by atoms with E-state index in [1.54, 1.807) is 25.1 Å². The first-order valence-electron chi connectivity index (χ1n) is 7.70. The fraction of sp³-hybridized carbons (Fsp3) is 0.167. The van der Waals surface area contributed by atoms with Crippen LogP contribution in [0, 0.1) is 12.7 Å². The number of hydrogen-bond acceptors (Lipinski definition) is 3. The zero-order valence-corrected chi connectivity index (χ0v) is 14.3. The van der Waals surface area contributed by atoms with E-state index in [9.17, 15) is 9.18 Å². The van der Waals surface area contributed by atoms with Crippen molar-refractivity contribution in [3.63, 3.8) is 0 Å². The molecule has 1 amide bonds. The van der Waals surface area contributed by atoms with Crippen molar-refractivity contribution >= 4 is 23.2 Å². The van der Waals surface area contributed by atoms with Crippen molar-refractivity contribution in [1.82, 2.24) is 15.2 Å². The third-order valence-corrected chi connectivity index (χ3v) is 3.83. The summed E-state index contributed by atoms with van der Waals surface area (Å²) in [5.74, 6) is 0.159. The van der Waals surface area contributed by atoms with Crippen LogP contribution >= 0.6 is 11.6 Å².